The fourth-order valence-corrected chi connectivity index (χ4v) is 13.7. The molecule has 2 heteroatoms. The molecule has 0 fully saturated rings. The third-order valence-corrected chi connectivity index (χ3v) is 17.4. The number of hydrogen-bond donors (Lipinski definition) is 0. The summed E-state index contributed by atoms with van der Waals surface area (Å²) in [6, 6.07) is 73.9. The van der Waals surface area contributed by atoms with Gasteiger partial charge >= 0.3 is 0 Å². The highest BCUT2D eigenvalue weighted by atomic mass is 15.1. The molecule has 4 aliphatic carbocycles. The summed E-state index contributed by atoms with van der Waals surface area (Å²) >= 11 is 0. The number of rotatable bonds is 5. The molecule has 0 amide bonds. The Morgan fingerprint density at radius 1 is 0.314 bits per heavy atom. The summed E-state index contributed by atoms with van der Waals surface area (Å²) in [7, 11) is 0. The molecule has 2 nitrogen and oxygen atoms in total. The Morgan fingerprint density at radius 3 is 1.23 bits per heavy atom. The summed E-state index contributed by atoms with van der Waals surface area (Å²) in [6.45, 7) is 19.1. The third-order valence-electron chi connectivity index (χ3n) is 17.4. The highest BCUT2D eigenvalue weighted by Gasteiger charge is 2.42. The van der Waals surface area contributed by atoms with Crippen molar-refractivity contribution < 1.29 is 0 Å². The Kier molecular flexibility index (Phi) is 8.25. The molecule has 9 aromatic carbocycles. The average Bonchev–Trinajstić information content (AvgIpc) is 4.06. The number of nitrogens with zero attached hydrogens (tertiary/aromatic N) is 2. The topological polar surface area (TPSA) is 8.17 Å². The summed E-state index contributed by atoms with van der Waals surface area (Å²) in [4.78, 5) is 2.48. The second-order valence-electron chi connectivity index (χ2n) is 22.5. The van der Waals surface area contributed by atoms with Gasteiger partial charge in [-0.25, -0.2) is 0 Å². The van der Waals surface area contributed by atoms with Gasteiger partial charge < -0.3 is 9.47 Å². The van der Waals surface area contributed by atoms with Crippen molar-refractivity contribution in [1.29, 1.82) is 0 Å². The Balaban J connectivity index is 0.907. The van der Waals surface area contributed by atoms with Crippen molar-refractivity contribution in [2.75, 3.05) is 4.90 Å². The van der Waals surface area contributed by atoms with E-state index in [0.717, 1.165) is 5.69 Å². The molecular formula is C68H56N2. The molecule has 0 aliphatic heterocycles. The monoisotopic (exact) mass is 900 g/mol. The normalized spacial score (nSPS) is 16.2. The Bertz CT molecular complexity index is 3780. The number of benzene rings is 9. The van der Waals surface area contributed by atoms with Crippen molar-refractivity contribution in [3.8, 4) is 61.5 Å². The third kappa shape index (κ3) is 5.40. The van der Waals surface area contributed by atoms with Crippen LogP contribution in [0.1, 0.15) is 99.9 Å². The first-order valence-corrected chi connectivity index (χ1v) is 25.2. The van der Waals surface area contributed by atoms with E-state index in [9.17, 15) is 0 Å². The van der Waals surface area contributed by atoms with Crippen molar-refractivity contribution in [1.82, 2.24) is 4.57 Å². The molecule has 0 bridgehead atoms. The van der Waals surface area contributed by atoms with Crippen molar-refractivity contribution in [3.63, 3.8) is 0 Å². The van der Waals surface area contributed by atoms with E-state index in [0.29, 0.717) is 0 Å². The SMILES string of the molecule is CC1(C)c2ccccc2-c2ccc(N(c3ccc(-c4ccc5c(c4)c4c(n5-c5ccc6c(c5)C(C)(C)c5ccccc5-6)-c5ccccc5C4(C)C)cc3)c3ccc4c(c3)C(C)(C)c3ccccc3-4)cc21. The molecule has 0 saturated heterocycles. The van der Waals surface area contributed by atoms with Gasteiger partial charge in [-0.1, -0.05) is 189 Å². The van der Waals surface area contributed by atoms with Crippen molar-refractivity contribution >= 4 is 28.0 Å². The van der Waals surface area contributed by atoms with Crippen LogP contribution in [0.15, 0.2) is 194 Å². The molecule has 1 aromatic heterocycles. The maximum Gasteiger partial charge on any atom is 0.0585 e. The minimum atomic E-state index is -0.178. The summed E-state index contributed by atoms with van der Waals surface area (Å²) in [5.41, 5.74) is 29.6. The zero-order chi connectivity index (χ0) is 47.6. The first-order valence-electron chi connectivity index (χ1n) is 25.2. The van der Waals surface area contributed by atoms with E-state index in [1.807, 2.05) is 0 Å². The molecule has 0 N–H and O–H groups in total. The van der Waals surface area contributed by atoms with E-state index in [1.54, 1.807) is 0 Å². The lowest BCUT2D eigenvalue weighted by Crippen LogP contribution is -2.18. The highest BCUT2D eigenvalue weighted by molar-refractivity contribution is 6.01. The largest absolute Gasteiger partial charge is 0.310 e. The van der Waals surface area contributed by atoms with E-state index in [1.165, 1.54) is 128 Å². The Morgan fingerprint density at radius 2 is 0.714 bits per heavy atom. The summed E-state index contributed by atoms with van der Waals surface area (Å²) in [5, 5.41) is 1.31. The van der Waals surface area contributed by atoms with Gasteiger partial charge in [0.1, 0.15) is 0 Å². The first kappa shape index (κ1) is 41.3. The highest BCUT2D eigenvalue weighted by Crippen LogP contribution is 2.57. The first-order chi connectivity index (χ1) is 33.7. The zero-order valence-electron chi connectivity index (χ0n) is 41.4. The van der Waals surface area contributed by atoms with Gasteiger partial charge in [0.15, 0.2) is 0 Å². The second kappa shape index (κ2) is 14.0. The van der Waals surface area contributed by atoms with E-state index in [-0.39, 0.29) is 21.7 Å². The van der Waals surface area contributed by atoms with Gasteiger partial charge in [-0.2, -0.15) is 0 Å². The average molecular weight is 901 g/mol. The zero-order valence-corrected chi connectivity index (χ0v) is 41.4. The Hall–Kier alpha value is -7.68. The number of hydrogen-bond acceptors (Lipinski definition) is 1. The van der Waals surface area contributed by atoms with E-state index in [2.05, 4.69) is 259 Å². The van der Waals surface area contributed by atoms with Crippen LogP contribution in [0, 0.1) is 0 Å². The summed E-state index contributed by atoms with van der Waals surface area (Å²) < 4.78 is 2.56. The molecule has 1 heterocycles. The minimum absolute atomic E-state index is 0.0911. The molecule has 0 radical (unpaired) electrons. The molecule has 4 aliphatic rings. The standard InChI is InChI=1S/C68H56N2/c1-65(2)55-21-13-9-17-47(55)50-33-30-44(38-59(50)65)69(45-31-34-51-48-18-10-14-22-56(48)66(3,4)60(51)39-45)43-28-25-41(26-29-43)42-27-36-62-54(37-42)63-64(53-20-12-16-24-58(53)68(63,7)8)70(62)46-32-35-52-49-19-11-15-23-57(49)67(5,6)61(52)40-46/h9-40H,1-8H3. The molecule has 70 heavy (non-hydrogen) atoms. The van der Waals surface area contributed by atoms with Gasteiger partial charge in [0.25, 0.3) is 0 Å². The quantitative estimate of drug-likeness (QED) is 0.167. The van der Waals surface area contributed by atoms with Gasteiger partial charge in [-0.05, 0) is 150 Å². The smallest absolute Gasteiger partial charge is 0.0585 e. The molecule has 0 saturated carbocycles. The summed E-state index contributed by atoms with van der Waals surface area (Å²) in [6.07, 6.45) is 0. The minimum Gasteiger partial charge on any atom is -0.310 e. The molecule has 0 unspecified atom stereocenters. The fourth-order valence-electron chi connectivity index (χ4n) is 13.7. The maximum absolute atomic E-state index is 2.56. The van der Waals surface area contributed by atoms with Crippen LogP contribution in [-0.4, -0.2) is 4.57 Å². The molecular weight excluding hydrogens is 845 g/mol. The number of aromatic nitrogens is 1. The van der Waals surface area contributed by atoms with Gasteiger partial charge in [0.05, 0.1) is 11.2 Å². The van der Waals surface area contributed by atoms with Crippen LogP contribution in [0.4, 0.5) is 17.1 Å². The van der Waals surface area contributed by atoms with Crippen molar-refractivity contribution in [2.24, 2.45) is 0 Å². The molecule has 10 aromatic rings. The van der Waals surface area contributed by atoms with Gasteiger partial charge in [-0.15, -0.1) is 0 Å². The summed E-state index contributed by atoms with van der Waals surface area (Å²) in [5.74, 6) is 0. The van der Waals surface area contributed by atoms with Crippen molar-refractivity contribution in [3.05, 3.63) is 239 Å². The number of fused-ring (bicyclic) bond motifs is 14. The molecule has 0 atom stereocenters. The van der Waals surface area contributed by atoms with Crippen LogP contribution in [-0.2, 0) is 21.7 Å². The maximum atomic E-state index is 2.56. The Labute approximate surface area is 412 Å². The van der Waals surface area contributed by atoms with E-state index < -0.39 is 0 Å². The van der Waals surface area contributed by atoms with E-state index >= 15 is 0 Å². The second-order valence-corrected chi connectivity index (χ2v) is 22.5. The van der Waals surface area contributed by atoms with Crippen LogP contribution in [0.3, 0.4) is 0 Å². The van der Waals surface area contributed by atoms with Crippen LogP contribution in [0.5, 0.6) is 0 Å². The van der Waals surface area contributed by atoms with E-state index in [4.69, 9.17) is 0 Å². The van der Waals surface area contributed by atoms with Crippen LogP contribution >= 0.6 is 0 Å². The van der Waals surface area contributed by atoms with Gasteiger partial charge in [-0.3, -0.25) is 0 Å². The lowest BCUT2D eigenvalue weighted by Gasteiger charge is -2.30. The molecule has 14 rings (SSSR count). The van der Waals surface area contributed by atoms with Crippen LogP contribution in [0.25, 0.3) is 72.4 Å². The van der Waals surface area contributed by atoms with Crippen LogP contribution < -0.4 is 4.90 Å². The molecule has 0 spiro atoms. The number of anilines is 3. The lowest BCUT2D eigenvalue weighted by atomic mass is 9.81. The van der Waals surface area contributed by atoms with Gasteiger partial charge in [0, 0.05) is 55.4 Å². The predicted molar refractivity (Wildman–Crippen MR) is 294 cm³/mol. The molecule has 338 valence electrons. The predicted octanol–water partition coefficient (Wildman–Crippen LogP) is 18.0. The lowest BCUT2D eigenvalue weighted by molar-refractivity contribution is 0.659. The van der Waals surface area contributed by atoms with Crippen molar-refractivity contribution in [2.45, 2.75) is 77.0 Å². The fraction of sp³-hybridized carbons (Fsp3) is 0.176. The van der Waals surface area contributed by atoms with Crippen LogP contribution in [0.2, 0.25) is 0 Å². The van der Waals surface area contributed by atoms with Gasteiger partial charge in [0.2, 0.25) is 0 Å².